The Kier molecular flexibility index (Phi) is 8.13. The predicted octanol–water partition coefficient (Wildman–Crippen LogP) is 8.73. The average Bonchev–Trinajstić information content (AvgIpc) is 3.21. The van der Waals surface area contributed by atoms with Crippen molar-refractivity contribution in [3.63, 3.8) is 0 Å². The molecule has 0 saturated carbocycles. The minimum atomic E-state index is -2.19. The lowest BCUT2D eigenvalue weighted by atomic mass is 9.81. The van der Waals surface area contributed by atoms with E-state index in [4.69, 9.17) is 11.8 Å². The van der Waals surface area contributed by atoms with Crippen LogP contribution in [0, 0.1) is 0 Å². The maximum atomic E-state index is 6.98. The molecule has 4 aromatic rings. The third-order valence-corrected chi connectivity index (χ3v) is 12.8. The Balaban J connectivity index is 1.98. The fraction of sp³-hybridized carbons (Fsp3) is 0.314. The van der Waals surface area contributed by atoms with Crippen molar-refractivity contribution in [2.24, 2.45) is 0 Å². The van der Waals surface area contributed by atoms with Gasteiger partial charge in [0.1, 0.15) is 0 Å². The molecule has 0 fully saturated rings. The van der Waals surface area contributed by atoms with E-state index in [1.165, 1.54) is 57.4 Å². The number of unbranched alkanes of at least 4 members (excludes halogenated alkanes) is 2. The number of rotatable bonds is 10. The van der Waals surface area contributed by atoms with Crippen LogP contribution in [-0.2, 0) is 31.1 Å². The number of hydrogen-bond acceptors (Lipinski definition) is 1. The minimum Gasteiger partial charge on any atom is -0.0826 e. The lowest BCUT2D eigenvalue weighted by Crippen LogP contribution is -2.25. The zero-order chi connectivity index (χ0) is 25.8. The van der Waals surface area contributed by atoms with Gasteiger partial charge < -0.3 is 0 Å². The van der Waals surface area contributed by atoms with Gasteiger partial charge in [0.05, 0.1) is 0 Å². The van der Waals surface area contributed by atoms with Crippen LogP contribution in [0.5, 0.6) is 0 Å². The molecule has 0 amide bonds. The van der Waals surface area contributed by atoms with E-state index < -0.39 is 6.04 Å². The Hall–Kier alpha value is -2.47. The van der Waals surface area contributed by atoms with Crippen LogP contribution >= 0.6 is 6.04 Å². The van der Waals surface area contributed by atoms with Gasteiger partial charge in [0.15, 0.2) is 0 Å². The molecule has 0 spiro atoms. The SMILES string of the molecule is CCCCCc1c(CCC)c(CCC)c(-c2ccccc2)c2c1P(=S)(c1ccccc1)c1ccccc1-2. The first-order valence-corrected chi connectivity index (χ1v) is 17.0. The molecule has 37 heavy (non-hydrogen) atoms. The van der Waals surface area contributed by atoms with Gasteiger partial charge in [0.25, 0.3) is 0 Å². The second-order valence-corrected chi connectivity index (χ2v) is 14.6. The summed E-state index contributed by atoms with van der Waals surface area (Å²) in [5, 5.41) is 4.22. The van der Waals surface area contributed by atoms with Crippen LogP contribution in [0.1, 0.15) is 69.6 Å². The van der Waals surface area contributed by atoms with Gasteiger partial charge in [-0.3, -0.25) is 0 Å². The van der Waals surface area contributed by atoms with Crippen molar-refractivity contribution in [1.82, 2.24) is 0 Å². The van der Waals surface area contributed by atoms with Gasteiger partial charge >= 0.3 is 0 Å². The van der Waals surface area contributed by atoms with Gasteiger partial charge in [-0.15, -0.1) is 0 Å². The second kappa shape index (κ2) is 11.5. The van der Waals surface area contributed by atoms with Gasteiger partial charge in [-0.2, -0.15) is 0 Å². The zero-order valence-electron chi connectivity index (χ0n) is 22.6. The molecule has 5 rings (SSSR count). The molecule has 0 bridgehead atoms. The summed E-state index contributed by atoms with van der Waals surface area (Å²) in [6.45, 7) is 6.97. The maximum Gasteiger partial charge on any atom is 0.0394 e. The van der Waals surface area contributed by atoms with E-state index in [0.717, 1.165) is 32.1 Å². The fourth-order valence-corrected chi connectivity index (χ4v) is 11.1. The van der Waals surface area contributed by atoms with Crippen LogP contribution in [-0.4, -0.2) is 0 Å². The van der Waals surface area contributed by atoms with E-state index in [1.54, 1.807) is 16.7 Å². The quantitative estimate of drug-likeness (QED) is 0.131. The molecule has 0 nitrogen and oxygen atoms in total. The van der Waals surface area contributed by atoms with Gasteiger partial charge in [-0.25, -0.2) is 0 Å². The molecule has 0 aromatic heterocycles. The highest BCUT2D eigenvalue weighted by Crippen LogP contribution is 2.57. The van der Waals surface area contributed by atoms with Crippen molar-refractivity contribution in [2.75, 3.05) is 0 Å². The third-order valence-electron chi connectivity index (χ3n) is 7.84. The predicted molar refractivity (Wildman–Crippen MR) is 168 cm³/mol. The van der Waals surface area contributed by atoms with E-state index in [2.05, 4.69) is 106 Å². The summed E-state index contributed by atoms with van der Waals surface area (Å²) in [6.07, 6.45) is 9.43. The van der Waals surface area contributed by atoms with E-state index in [-0.39, 0.29) is 0 Å². The molecular weight excluding hydrogens is 483 g/mol. The Morgan fingerprint density at radius 3 is 1.86 bits per heavy atom. The molecule has 1 heterocycles. The highest BCUT2D eigenvalue weighted by Gasteiger charge is 2.41. The largest absolute Gasteiger partial charge is 0.0826 e. The lowest BCUT2D eigenvalue weighted by Gasteiger charge is -2.28. The van der Waals surface area contributed by atoms with Crippen molar-refractivity contribution in [3.05, 3.63) is 102 Å². The summed E-state index contributed by atoms with van der Waals surface area (Å²) >= 11 is 6.98. The van der Waals surface area contributed by atoms with E-state index >= 15 is 0 Å². The topological polar surface area (TPSA) is 0 Å². The Morgan fingerprint density at radius 2 is 1.19 bits per heavy atom. The maximum absolute atomic E-state index is 6.98. The zero-order valence-corrected chi connectivity index (χ0v) is 24.3. The highest BCUT2D eigenvalue weighted by molar-refractivity contribution is 8.26. The summed E-state index contributed by atoms with van der Waals surface area (Å²) in [5.41, 5.74) is 10.4. The van der Waals surface area contributed by atoms with Crippen LogP contribution in [0.25, 0.3) is 22.3 Å². The Bertz CT molecular complexity index is 1420. The molecule has 0 radical (unpaired) electrons. The first-order chi connectivity index (χ1) is 18.2. The minimum absolute atomic E-state index is 1.12. The van der Waals surface area contributed by atoms with Gasteiger partial charge in [0.2, 0.25) is 0 Å². The normalized spacial score (nSPS) is 16.0. The van der Waals surface area contributed by atoms with Crippen LogP contribution in [0.2, 0.25) is 0 Å². The highest BCUT2D eigenvalue weighted by atomic mass is 32.4. The lowest BCUT2D eigenvalue weighted by molar-refractivity contribution is 0.711. The van der Waals surface area contributed by atoms with Crippen LogP contribution in [0.15, 0.2) is 84.9 Å². The molecule has 4 aromatic carbocycles. The van der Waals surface area contributed by atoms with E-state index in [0.29, 0.717) is 0 Å². The first kappa shape index (κ1) is 26.1. The molecule has 0 aliphatic carbocycles. The van der Waals surface area contributed by atoms with Crippen LogP contribution < -0.4 is 15.9 Å². The molecule has 0 saturated heterocycles. The third kappa shape index (κ3) is 4.56. The number of fused-ring (bicyclic) bond motifs is 3. The molecule has 1 aliphatic rings. The van der Waals surface area contributed by atoms with Crippen molar-refractivity contribution < 1.29 is 0 Å². The summed E-state index contributed by atoms with van der Waals surface area (Å²) in [7, 11) is 0. The molecule has 1 atom stereocenters. The Morgan fingerprint density at radius 1 is 0.568 bits per heavy atom. The first-order valence-electron chi connectivity index (χ1n) is 14.2. The molecule has 1 unspecified atom stereocenters. The summed E-state index contributed by atoms with van der Waals surface area (Å²) in [5.74, 6) is 0. The van der Waals surface area contributed by atoms with Crippen LogP contribution in [0.3, 0.4) is 0 Å². The molecule has 190 valence electrons. The van der Waals surface area contributed by atoms with Crippen molar-refractivity contribution in [2.45, 2.75) is 72.1 Å². The van der Waals surface area contributed by atoms with Gasteiger partial charge in [0, 0.05) is 16.6 Å². The Labute approximate surface area is 229 Å². The van der Waals surface area contributed by atoms with Crippen molar-refractivity contribution >= 4 is 33.8 Å². The summed E-state index contributed by atoms with van der Waals surface area (Å²) < 4.78 is 0. The van der Waals surface area contributed by atoms with Crippen molar-refractivity contribution in [3.8, 4) is 22.3 Å². The second-order valence-electron chi connectivity index (χ2n) is 10.3. The average molecular weight is 523 g/mol. The number of benzene rings is 4. The molecule has 2 heteroatoms. The summed E-state index contributed by atoms with van der Waals surface area (Å²) in [4.78, 5) is 0. The van der Waals surface area contributed by atoms with Crippen LogP contribution in [0.4, 0.5) is 0 Å². The fourth-order valence-electron chi connectivity index (χ4n) is 6.31. The summed E-state index contributed by atoms with van der Waals surface area (Å²) in [6, 6.07) is 29.1. The number of hydrogen-bond donors (Lipinski definition) is 0. The van der Waals surface area contributed by atoms with E-state index in [9.17, 15) is 0 Å². The molecule has 0 N–H and O–H groups in total. The van der Waals surface area contributed by atoms with Crippen molar-refractivity contribution in [1.29, 1.82) is 0 Å². The monoisotopic (exact) mass is 522 g/mol. The van der Waals surface area contributed by atoms with Gasteiger partial charge in [-0.1, -0.05) is 143 Å². The smallest absolute Gasteiger partial charge is 0.0394 e. The van der Waals surface area contributed by atoms with Gasteiger partial charge in [-0.05, 0) is 69.9 Å². The van der Waals surface area contributed by atoms with E-state index in [1.807, 2.05) is 0 Å². The molecule has 1 aliphatic heterocycles. The molecular formula is C35H39PS. The standard InChI is InChI=1S/C35H39PS/c1-4-7-10-23-30-28(17-5-2)29(18-6-3)33(26-19-11-8-12-20-26)34-31-24-15-16-25-32(31)36(37,35(30)34)27-21-13-9-14-22-27/h8-9,11-16,19-22,24-25H,4-7,10,17-18,23H2,1-3H3.